The van der Waals surface area contributed by atoms with Crippen LogP contribution in [0.3, 0.4) is 0 Å². The summed E-state index contributed by atoms with van der Waals surface area (Å²) >= 11 is 0. The highest BCUT2D eigenvalue weighted by Crippen LogP contribution is 2.22. The lowest BCUT2D eigenvalue weighted by Gasteiger charge is -2.10. The Hall–Kier alpha value is -3.77. The number of methoxy groups -OCH3 is 1. The first-order valence-corrected chi connectivity index (χ1v) is 9.00. The Morgan fingerprint density at radius 1 is 1.41 bits per heavy atom. The molecule has 0 aliphatic carbocycles. The first-order valence-electron chi connectivity index (χ1n) is 9.00. The van der Waals surface area contributed by atoms with Gasteiger partial charge in [-0.1, -0.05) is 0 Å². The normalized spacial score (nSPS) is 10.5. The lowest BCUT2D eigenvalue weighted by atomic mass is 10.2. The third-order valence-electron chi connectivity index (χ3n) is 4.34. The number of carbonyl (C=O) groups is 2. The molecular formula is C20H20N6O3. The lowest BCUT2D eigenvalue weighted by Crippen LogP contribution is -2.14. The molecule has 0 radical (unpaired) electrons. The summed E-state index contributed by atoms with van der Waals surface area (Å²) in [5.74, 6) is -0.115. The zero-order chi connectivity index (χ0) is 20.8. The van der Waals surface area contributed by atoms with E-state index in [1.165, 1.54) is 6.20 Å². The van der Waals surface area contributed by atoms with Crippen LogP contribution in [0.1, 0.15) is 33.3 Å². The zero-order valence-corrected chi connectivity index (χ0v) is 16.1. The number of anilines is 2. The number of hydrogen-bond acceptors (Lipinski definition) is 7. The van der Waals surface area contributed by atoms with Gasteiger partial charge < -0.3 is 19.9 Å². The number of carbonyl (C=O) groups excluding carboxylic acids is 2. The molecule has 0 aromatic carbocycles. The number of fused-ring (bicyclic) bond motifs is 1. The largest absolute Gasteiger partial charge is 0.383 e. The Morgan fingerprint density at radius 2 is 2.24 bits per heavy atom. The molecule has 9 nitrogen and oxygen atoms in total. The van der Waals surface area contributed by atoms with Gasteiger partial charge in [-0.15, -0.1) is 0 Å². The Bertz CT molecular complexity index is 1100. The van der Waals surface area contributed by atoms with Crippen LogP contribution in [-0.4, -0.2) is 47.0 Å². The Kier molecular flexibility index (Phi) is 6.16. The van der Waals surface area contributed by atoms with Crippen LogP contribution in [-0.2, 0) is 11.3 Å². The van der Waals surface area contributed by atoms with E-state index in [1.807, 2.05) is 11.5 Å². The van der Waals surface area contributed by atoms with Gasteiger partial charge in [0.25, 0.3) is 5.91 Å². The maximum absolute atomic E-state index is 12.9. The number of nitriles is 1. The summed E-state index contributed by atoms with van der Waals surface area (Å²) in [6.45, 7) is 3.57. The van der Waals surface area contributed by atoms with Gasteiger partial charge in [0.15, 0.2) is 6.29 Å². The van der Waals surface area contributed by atoms with Crippen LogP contribution in [0.4, 0.5) is 11.5 Å². The van der Waals surface area contributed by atoms with Crippen LogP contribution in [0.2, 0.25) is 0 Å². The van der Waals surface area contributed by atoms with Gasteiger partial charge in [-0.3, -0.25) is 9.59 Å². The van der Waals surface area contributed by atoms with Gasteiger partial charge in [-0.05, 0) is 19.1 Å². The summed E-state index contributed by atoms with van der Waals surface area (Å²) in [6.07, 6.45) is 3.73. The number of amides is 1. The van der Waals surface area contributed by atoms with Crippen molar-refractivity contribution in [3.05, 3.63) is 47.4 Å². The number of nitrogens with one attached hydrogen (secondary N) is 2. The molecule has 0 aliphatic heterocycles. The second-order valence-electron chi connectivity index (χ2n) is 6.15. The molecule has 0 aliphatic rings. The van der Waals surface area contributed by atoms with Gasteiger partial charge in [-0.25, -0.2) is 9.97 Å². The van der Waals surface area contributed by atoms with Gasteiger partial charge in [-0.2, -0.15) is 5.26 Å². The van der Waals surface area contributed by atoms with E-state index in [0.717, 1.165) is 5.52 Å². The van der Waals surface area contributed by atoms with E-state index in [4.69, 9.17) is 4.74 Å². The van der Waals surface area contributed by atoms with Crippen LogP contribution in [0.15, 0.2) is 30.6 Å². The molecule has 1 amide bonds. The molecule has 3 heterocycles. The Labute approximate surface area is 167 Å². The number of aryl methyl sites for hydroxylation is 1. The minimum Gasteiger partial charge on any atom is -0.383 e. The maximum Gasteiger partial charge on any atom is 0.260 e. The second-order valence-corrected chi connectivity index (χ2v) is 6.15. The summed E-state index contributed by atoms with van der Waals surface area (Å²) in [5, 5.41) is 15.1. The summed E-state index contributed by atoms with van der Waals surface area (Å²) in [7, 11) is 1.59. The van der Waals surface area contributed by atoms with Crippen molar-refractivity contribution in [1.29, 1.82) is 5.26 Å². The molecule has 148 valence electrons. The highest BCUT2D eigenvalue weighted by atomic mass is 16.5. The highest BCUT2D eigenvalue weighted by molar-refractivity contribution is 6.12. The summed E-state index contributed by atoms with van der Waals surface area (Å²) in [4.78, 5) is 32.4. The number of ether oxygens (including phenoxy) is 1. The zero-order valence-electron chi connectivity index (χ0n) is 16.1. The number of hydrogen-bond donors (Lipinski definition) is 2. The molecule has 29 heavy (non-hydrogen) atoms. The van der Waals surface area contributed by atoms with Crippen LogP contribution in [0.25, 0.3) is 11.0 Å². The third kappa shape index (κ3) is 4.23. The first kappa shape index (κ1) is 20.0. The van der Waals surface area contributed by atoms with Crippen molar-refractivity contribution >= 4 is 34.7 Å². The fraction of sp³-hybridized carbons (Fsp3) is 0.250. The highest BCUT2D eigenvalue weighted by Gasteiger charge is 2.18. The van der Waals surface area contributed by atoms with Crippen LogP contribution in [0, 0.1) is 11.3 Å². The molecule has 3 rings (SSSR count). The predicted octanol–water partition coefficient (Wildman–Crippen LogP) is 2.45. The summed E-state index contributed by atoms with van der Waals surface area (Å²) in [6, 6.07) is 7.03. The quantitative estimate of drug-likeness (QED) is 0.446. The van der Waals surface area contributed by atoms with Gasteiger partial charge in [0, 0.05) is 38.7 Å². The fourth-order valence-corrected chi connectivity index (χ4v) is 2.91. The molecule has 0 spiro atoms. The monoisotopic (exact) mass is 392 g/mol. The molecule has 0 bridgehead atoms. The number of rotatable bonds is 8. The summed E-state index contributed by atoms with van der Waals surface area (Å²) in [5.41, 5.74) is 2.71. The van der Waals surface area contributed by atoms with Crippen LogP contribution < -0.4 is 10.6 Å². The smallest absolute Gasteiger partial charge is 0.260 e. The maximum atomic E-state index is 12.9. The number of pyridine rings is 2. The van der Waals surface area contributed by atoms with Crippen molar-refractivity contribution in [1.82, 2.24) is 14.5 Å². The first-order chi connectivity index (χ1) is 14.1. The van der Waals surface area contributed by atoms with Crippen molar-refractivity contribution < 1.29 is 14.3 Å². The van der Waals surface area contributed by atoms with Gasteiger partial charge >= 0.3 is 0 Å². The molecule has 3 aromatic rings. The Morgan fingerprint density at radius 3 is 2.93 bits per heavy atom. The molecule has 2 N–H and O–H groups in total. The molecule has 3 aromatic heterocycles. The van der Waals surface area contributed by atoms with Gasteiger partial charge in [0.05, 0.1) is 28.9 Å². The van der Waals surface area contributed by atoms with Crippen molar-refractivity contribution in [2.45, 2.75) is 13.5 Å². The van der Waals surface area contributed by atoms with E-state index in [1.54, 1.807) is 31.5 Å². The van der Waals surface area contributed by atoms with Crippen molar-refractivity contribution in [2.75, 3.05) is 30.9 Å². The Balaban J connectivity index is 1.91. The fourth-order valence-electron chi connectivity index (χ4n) is 2.91. The molecule has 9 heteroatoms. The van der Waals surface area contributed by atoms with Crippen LogP contribution >= 0.6 is 0 Å². The molecular weight excluding hydrogens is 372 g/mol. The molecule has 0 unspecified atom stereocenters. The van der Waals surface area contributed by atoms with E-state index < -0.39 is 5.91 Å². The average molecular weight is 392 g/mol. The minimum absolute atomic E-state index is 0.251. The minimum atomic E-state index is -0.405. The molecule has 0 saturated heterocycles. The lowest BCUT2D eigenvalue weighted by molar-refractivity contribution is 0.102. The summed E-state index contributed by atoms with van der Waals surface area (Å²) < 4.78 is 6.88. The van der Waals surface area contributed by atoms with Crippen molar-refractivity contribution in [3.63, 3.8) is 0 Å². The van der Waals surface area contributed by atoms with Gasteiger partial charge in [0.2, 0.25) is 0 Å². The van der Waals surface area contributed by atoms with Crippen molar-refractivity contribution in [2.24, 2.45) is 0 Å². The SMILES string of the molecule is CCn1cc(C(=O)Nc2cc(NCCOC)c(C#N)cn2)c2nc(C=O)ccc21. The van der Waals surface area contributed by atoms with Gasteiger partial charge in [0.1, 0.15) is 23.1 Å². The molecule has 0 fully saturated rings. The number of aromatic nitrogens is 3. The van der Waals surface area contributed by atoms with Crippen molar-refractivity contribution in [3.8, 4) is 6.07 Å². The topological polar surface area (TPSA) is 122 Å². The predicted molar refractivity (Wildman–Crippen MR) is 108 cm³/mol. The average Bonchev–Trinajstić information content (AvgIpc) is 3.12. The molecule has 0 saturated carbocycles. The molecule has 0 atom stereocenters. The van der Waals surface area contributed by atoms with E-state index in [9.17, 15) is 14.9 Å². The number of nitrogens with zero attached hydrogens (tertiary/aromatic N) is 4. The van der Waals surface area contributed by atoms with Crippen LogP contribution in [0.5, 0.6) is 0 Å². The second kappa shape index (κ2) is 8.95. The van der Waals surface area contributed by atoms with E-state index in [2.05, 4.69) is 26.7 Å². The third-order valence-corrected chi connectivity index (χ3v) is 4.34. The number of aldehydes is 1. The standard InChI is InChI=1S/C20H20N6O3/c1-3-26-11-15(19-17(26)5-4-14(12-27)24-19)20(28)25-18-8-16(22-6-7-29-2)13(9-21)10-23-18/h4-5,8,10-12H,3,6-7H2,1-2H3,(H2,22,23,25,28). The van der Waals surface area contributed by atoms with E-state index in [-0.39, 0.29) is 11.5 Å². The van der Waals surface area contributed by atoms with E-state index >= 15 is 0 Å². The van der Waals surface area contributed by atoms with E-state index in [0.29, 0.717) is 48.3 Å².